The maximum Gasteiger partial charge on any atom is 0.160 e. The minimum Gasteiger partial charge on any atom is -0.508 e. The first kappa shape index (κ1) is 13.6. The van der Waals surface area contributed by atoms with E-state index in [4.69, 9.17) is 9.47 Å². The Hall–Kier alpha value is -2.36. The second kappa shape index (κ2) is 5.20. The molecule has 4 nitrogen and oxygen atoms in total. The Morgan fingerprint density at radius 2 is 1.95 bits per heavy atom. The molecule has 0 fully saturated rings. The predicted molar refractivity (Wildman–Crippen MR) is 79.2 cm³/mol. The van der Waals surface area contributed by atoms with E-state index in [1.807, 2.05) is 19.1 Å². The standard InChI is InChI=1S/C17H18O4/c1-10-13(18)6-3-11-4-7-15(21-17(10)11)12-5-8-16(20-2)14(19)9-12/h3,5-6,8-9,15,18-19H,4,7H2,1-2H3. The fourth-order valence-electron chi connectivity index (χ4n) is 2.73. The van der Waals surface area contributed by atoms with Gasteiger partial charge in [0.05, 0.1) is 7.11 Å². The number of aryl methyl sites for hydroxylation is 1. The van der Waals surface area contributed by atoms with Gasteiger partial charge in [-0.3, -0.25) is 0 Å². The number of benzene rings is 2. The molecule has 21 heavy (non-hydrogen) atoms. The molecule has 0 aliphatic carbocycles. The van der Waals surface area contributed by atoms with Crippen molar-refractivity contribution >= 4 is 0 Å². The zero-order chi connectivity index (χ0) is 15.0. The minimum absolute atomic E-state index is 0.108. The van der Waals surface area contributed by atoms with Crippen molar-refractivity contribution in [2.24, 2.45) is 0 Å². The number of phenols is 2. The third kappa shape index (κ3) is 2.37. The minimum atomic E-state index is -0.130. The van der Waals surface area contributed by atoms with Crippen molar-refractivity contribution in [3.63, 3.8) is 0 Å². The third-order valence-electron chi connectivity index (χ3n) is 3.97. The molecule has 0 aromatic heterocycles. The van der Waals surface area contributed by atoms with Crippen LogP contribution in [0.2, 0.25) is 0 Å². The van der Waals surface area contributed by atoms with Gasteiger partial charge >= 0.3 is 0 Å². The topological polar surface area (TPSA) is 58.9 Å². The van der Waals surface area contributed by atoms with Gasteiger partial charge in [0.15, 0.2) is 11.5 Å². The van der Waals surface area contributed by atoms with E-state index in [0.717, 1.165) is 35.3 Å². The number of ether oxygens (including phenoxy) is 2. The molecule has 2 aromatic rings. The van der Waals surface area contributed by atoms with Gasteiger partial charge < -0.3 is 19.7 Å². The summed E-state index contributed by atoms with van der Waals surface area (Å²) < 4.78 is 11.1. The van der Waals surface area contributed by atoms with Crippen LogP contribution in [0, 0.1) is 6.92 Å². The van der Waals surface area contributed by atoms with E-state index in [-0.39, 0.29) is 17.6 Å². The zero-order valence-corrected chi connectivity index (χ0v) is 12.1. The highest BCUT2D eigenvalue weighted by atomic mass is 16.5. The molecule has 1 aliphatic rings. The molecule has 3 rings (SSSR count). The number of fused-ring (bicyclic) bond motifs is 1. The summed E-state index contributed by atoms with van der Waals surface area (Å²) in [5.74, 6) is 1.55. The lowest BCUT2D eigenvalue weighted by Crippen LogP contribution is -2.16. The van der Waals surface area contributed by atoms with Gasteiger partial charge in [-0.05, 0) is 49.1 Å². The average Bonchev–Trinajstić information content (AvgIpc) is 2.50. The highest BCUT2D eigenvalue weighted by molar-refractivity contribution is 5.50. The molecule has 110 valence electrons. The molecule has 0 bridgehead atoms. The molecule has 1 unspecified atom stereocenters. The second-order valence-electron chi connectivity index (χ2n) is 5.27. The SMILES string of the molecule is COc1ccc(C2CCc3ccc(O)c(C)c3O2)cc1O. The van der Waals surface area contributed by atoms with Crippen molar-refractivity contribution in [2.45, 2.75) is 25.9 Å². The van der Waals surface area contributed by atoms with Gasteiger partial charge in [0.2, 0.25) is 0 Å². The predicted octanol–water partition coefficient (Wildman–Crippen LogP) is 3.48. The summed E-state index contributed by atoms with van der Waals surface area (Å²) in [6, 6.07) is 8.91. The number of rotatable bonds is 2. The summed E-state index contributed by atoms with van der Waals surface area (Å²) in [7, 11) is 1.52. The Bertz CT molecular complexity index is 679. The molecule has 0 saturated heterocycles. The van der Waals surface area contributed by atoms with Gasteiger partial charge in [0, 0.05) is 5.56 Å². The van der Waals surface area contributed by atoms with Gasteiger partial charge in [-0.15, -0.1) is 0 Å². The smallest absolute Gasteiger partial charge is 0.160 e. The van der Waals surface area contributed by atoms with Crippen molar-refractivity contribution in [3.8, 4) is 23.0 Å². The molecule has 2 N–H and O–H groups in total. The van der Waals surface area contributed by atoms with Crippen molar-refractivity contribution in [3.05, 3.63) is 47.0 Å². The van der Waals surface area contributed by atoms with E-state index in [2.05, 4.69) is 0 Å². The maximum absolute atomic E-state index is 9.90. The van der Waals surface area contributed by atoms with E-state index in [1.54, 1.807) is 18.2 Å². The molecule has 0 radical (unpaired) electrons. The van der Waals surface area contributed by atoms with Gasteiger partial charge in [-0.2, -0.15) is 0 Å². The lowest BCUT2D eigenvalue weighted by atomic mass is 9.95. The molecule has 1 aliphatic heterocycles. The van der Waals surface area contributed by atoms with Crippen LogP contribution in [0.25, 0.3) is 0 Å². The summed E-state index contributed by atoms with van der Waals surface area (Å²) in [6.07, 6.45) is 1.59. The van der Waals surface area contributed by atoms with Crippen LogP contribution in [0.3, 0.4) is 0 Å². The Kier molecular flexibility index (Phi) is 3.37. The number of hydrogen-bond donors (Lipinski definition) is 2. The van der Waals surface area contributed by atoms with E-state index >= 15 is 0 Å². The molecule has 0 spiro atoms. The van der Waals surface area contributed by atoms with Crippen molar-refractivity contribution < 1.29 is 19.7 Å². The Labute approximate surface area is 123 Å². The van der Waals surface area contributed by atoms with Crippen LogP contribution < -0.4 is 9.47 Å². The fourth-order valence-corrected chi connectivity index (χ4v) is 2.73. The van der Waals surface area contributed by atoms with Crippen molar-refractivity contribution in [1.29, 1.82) is 0 Å². The molecule has 0 saturated carbocycles. The summed E-state index contributed by atoms with van der Waals surface area (Å²) in [5, 5.41) is 19.7. The number of aromatic hydroxyl groups is 2. The van der Waals surface area contributed by atoms with Gasteiger partial charge in [-0.25, -0.2) is 0 Å². The maximum atomic E-state index is 9.90. The van der Waals surface area contributed by atoms with Crippen molar-refractivity contribution in [1.82, 2.24) is 0 Å². The lowest BCUT2D eigenvalue weighted by molar-refractivity contribution is 0.174. The molecule has 1 atom stereocenters. The van der Waals surface area contributed by atoms with Crippen LogP contribution in [-0.4, -0.2) is 17.3 Å². The zero-order valence-electron chi connectivity index (χ0n) is 12.1. The molecule has 0 amide bonds. The van der Waals surface area contributed by atoms with Crippen LogP contribution >= 0.6 is 0 Å². The largest absolute Gasteiger partial charge is 0.508 e. The van der Waals surface area contributed by atoms with Gasteiger partial charge in [0.25, 0.3) is 0 Å². The Morgan fingerprint density at radius 3 is 2.67 bits per heavy atom. The normalized spacial score (nSPS) is 17.0. The number of hydrogen-bond acceptors (Lipinski definition) is 4. The molecular weight excluding hydrogens is 268 g/mol. The van der Waals surface area contributed by atoms with Crippen LogP contribution in [0.4, 0.5) is 0 Å². The third-order valence-corrected chi connectivity index (χ3v) is 3.97. The second-order valence-corrected chi connectivity index (χ2v) is 5.27. The summed E-state index contributed by atoms with van der Waals surface area (Å²) >= 11 is 0. The Balaban J connectivity index is 1.92. The van der Waals surface area contributed by atoms with Crippen LogP contribution in [0.5, 0.6) is 23.0 Å². The number of phenolic OH excluding ortho intramolecular Hbond substituents is 2. The Morgan fingerprint density at radius 1 is 1.14 bits per heavy atom. The first-order chi connectivity index (χ1) is 10.1. The van der Waals surface area contributed by atoms with E-state index < -0.39 is 0 Å². The first-order valence-corrected chi connectivity index (χ1v) is 6.95. The van der Waals surface area contributed by atoms with Crippen LogP contribution in [0.1, 0.15) is 29.2 Å². The monoisotopic (exact) mass is 286 g/mol. The summed E-state index contributed by atoms with van der Waals surface area (Å²) in [6.45, 7) is 1.85. The van der Waals surface area contributed by atoms with Crippen molar-refractivity contribution in [2.75, 3.05) is 7.11 Å². The summed E-state index contributed by atoms with van der Waals surface area (Å²) in [5.41, 5.74) is 2.77. The average molecular weight is 286 g/mol. The van der Waals surface area contributed by atoms with Crippen LogP contribution in [0.15, 0.2) is 30.3 Å². The molecule has 2 aromatic carbocycles. The van der Waals surface area contributed by atoms with E-state index in [9.17, 15) is 10.2 Å². The molecular formula is C17H18O4. The molecule has 4 heteroatoms. The first-order valence-electron chi connectivity index (χ1n) is 6.95. The summed E-state index contributed by atoms with van der Waals surface area (Å²) in [4.78, 5) is 0. The van der Waals surface area contributed by atoms with E-state index in [0.29, 0.717) is 5.75 Å². The van der Waals surface area contributed by atoms with Gasteiger partial charge in [0.1, 0.15) is 17.6 Å². The lowest BCUT2D eigenvalue weighted by Gasteiger charge is -2.28. The highest BCUT2D eigenvalue weighted by Gasteiger charge is 2.24. The molecule has 1 heterocycles. The van der Waals surface area contributed by atoms with Gasteiger partial charge in [-0.1, -0.05) is 12.1 Å². The fraction of sp³-hybridized carbons (Fsp3) is 0.294. The number of methoxy groups -OCH3 is 1. The van der Waals surface area contributed by atoms with Crippen LogP contribution in [-0.2, 0) is 6.42 Å². The van der Waals surface area contributed by atoms with E-state index in [1.165, 1.54) is 7.11 Å². The highest BCUT2D eigenvalue weighted by Crippen LogP contribution is 2.41. The quantitative estimate of drug-likeness (QED) is 0.887.